The molecule has 4 heteroatoms. The summed E-state index contributed by atoms with van der Waals surface area (Å²) < 4.78 is 0. The Bertz CT molecular complexity index is 716. The molecule has 1 aliphatic heterocycles. The maximum absolute atomic E-state index is 12.3. The molecule has 1 aromatic heterocycles. The molecule has 1 amide bonds. The SMILES string of the molecule is O=C(CC1CCCCC1)Nc1ccc(N2CCc3sccc3C2)cc1. The summed E-state index contributed by atoms with van der Waals surface area (Å²) in [5.41, 5.74) is 3.61. The molecule has 2 heterocycles. The summed E-state index contributed by atoms with van der Waals surface area (Å²) in [4.78, 5) is 16.2. The van der Waals surface area contributed by atoms with E-state index in [2.05, 4.69) is 33.8 Å². The number of nitrogens with zero attached hydrogens (tertiary/aromatic N) is 1. The lowest BCUT2D eigenvalue weighted by Crippen LogP contribution is -2.29. The number of amides is 1. The van der Waals surface area contributed by atoms with Gasteiger partial charge in [0, 0.05) is 35.8 Å². The van der Waals surface area contributed by atoms with Crippen LogP contribution in [0.2, 0.25) is 0 Å². The minimum atomic E-state index is 0.167. The van der Waals surface area contributed by atoms with Gasteiger partial charge >= 0.3 is 0 Å². The van der Waals surface area contributed by atoms with Crippen LogP contribution < -0.4 is 10.2 Å². The first kappa shape index (κ1) is 16.6. The van der Waals surface area contributed by atoms with Gasteiger partial charge < -0.3 is 10.2 Å². The van der Waals surface area contributed by atoms with Crippen LogP contribution in [0.3, 0.4) is 0 Å². The van der Waals surface area contributed by atoms with Crippen molar-refractivity contribution in [2.45, 2.75) is 51.5 Å². The van der Waals surface area contributed by atoms with E-state index in [0.29, 0.717) is 12.3 Å². The Labute approximate surface area is 154 Å². The highest BCUT2D eigenvalue weighted by Gasteiger charge is 2.18. The zero-order chi connectivity index (χ0) is 17.1. The molecule has 1 saturated carbocycles. The van der Waals surface area contributed by atoms with Crippen LogP contribution in [0.4, 0.5) is 11.4 Å². The highest BCUT2D eigenvalue weighted by molar-refractivity contribution is 7.10. The first-order valence-corrected chi connectivity index (χ1v) is 10.4. The van der Waals surface area contributed by atoms with Crippen molar-refractivity contribution >= 4 is 28.6 Å². The van der Waals surface area contributed by atoms with Gasteiger partial charge in [0.2, 0.25) is 5.91 Å². The van der Waals surface area contributed by atoms with Gasteiger partial charge in [0.25, 0.3) is 0 Å². The van der Waals surface area contributed by atoms with E-state index in [9.17, 15) is 4.79 Å². The molecule has 1 aliphatic carbocycles. The summed E-state index contributed by atoms with van der Waals surface area (Å²) in [5.74, 6) is 0.752. The Morgan fingerprint density at radius 3 is 2.72 bits per heavy atom. The van der Waals surface area contributed by atoms with Crippen molar-refractivity contribution in [1.29, 1.82) is 0 Å². The topological polar surface area (TPSA) is 32.3 Å². The zero-order valence-electron chi connectivity index (χ0n) is 14.7. The Hall–Kier alpha value is -1.81. The largest absolute Gasteiger partial charge is 0.367 e. The van der Waals surface area contributed by atoms with E-state index in [1.807, 2.05) is 23.5 Å². The molecule has 25 heavy (non-hydrogen) atoms. The molecular formula is C21H26N2OS. The van der Waals surface area contributed by atoms with Crippen LogP contribution >= 0.6 is 11.3 Å². The number of thiophene rings is 1. The van der Waals surface area contributed by atoms with Gasteiger partial charge in [0.15, 0.2) is 0 Å². The second-order valence-corrected chi connectivity index (χ2v) is 8.34. The van der Waals surface area contributed by atoms with Crippen LogP contribution in [0, 0.1) is 5.92 Å². The van der Waals surface area contributed by atoms with Gasteiger partial charge in [-0.15, -0.1) is 11.3 Å². The number of benzene rings is 1. The van der Waals surface area contributed by atoms with Gasteiger partial charge in [-0.3, -0.25) is 4.79 Å². The third-order valence-electron chi connectivity index (χ3n) is 5.52. The standard InChI is InChI=1S/C21H26N2OS/c24-21(14-16-4-2-1-3-5-16)22-18-6-8-19(9-7-18)23-12-10-20-17(15-23)11-13-25-20/h6-9,11,13,16H,1-5,10,12,14-15H2,(H,22,24). The van der Waals surface area contributed by atoms with E-state index in [1.165, 1.54) is 48.2 Å². The van der Waals surface area contributed by atoms with Crippen LogP contribution in [-0.4, -0.2) is 12.5 Å². The molecule has 0 unspecified atom stereocenters. The third kappa shape index (κ3) is 4.06. The molecule has 0 spiro atoms. The molecule has 0 atom stereocenters. The third-order valence-corrected chi connectivity index (χ3v) is 6.55. The number of carbonyl (C=O) groups is 1. The lowest BCUT2D eigenvalue weighted by molar-refractivity contribution is -0.117. The van der Waals surface area contributed by atoms with E-state index in [0.717, 1.165) is 25.2 Å². The average molecular weight is 355 g/mol. The van der Waals surface area contributed by atoms with Crippen LogP contribution in [0.5, 0.6) is 0 Å². The molecule has 2 aromatic rings. The number of hydrogen-bond acceptors (Lipinski definition) is 3. The van der Waals surface area contributed by atoms with E-state index in [4.69, 9.17) is 0 Å². The van der Waals surface area contributed by atoms with Gasteiger partial charge in [0.1, 0.15) is 0 Å². The number of hydrogen-bond donors (Lipinski definition) is 1. The first-order valence-electron chi connectivity index (χ1n) is 9.48. The molecule has 0 saturated heterocycles. The Morgan fingerprint density at radius 2 is 1.92 bits per heavy atom. The van der Waals surface area contributed by atoms with E-state index in [-0.39, 0.29) is 5.91 Å². The molecule has 4 rings (SSSR count). The molecule has 2 aliphatic rings. The van der Waals surface area contributed by atoms with Crippen LogP contribution in [-0.2, 0) is 17.8 Å². The Morgan fingerprint density at radius 1 is 1.12 bits per heavy atom. The summed E-state index contributed by atoms with van der Waals surface area (Å²) in [6, 6.07) is 10.6. The van der Waals surface area contributed by atoms with Gasteiger partial charge in [-0.25, -0.2) is 0 Å². The summed E-state index contributed by atoms with van der Waals surface area (Å²) in [6.07, 6.45) is 8.14. The van der Waals surface area contributed by atoms with Gasteiger partial charge in [0.05, 0.1) is 0 Å². The smallest absolute Gasteiger partial charge is 0.224 e. The summed E-state index contributed by atoms with van der Waals surface area (Å²) in [6.45, 7) is 2.06. The maximum Gasteiger partial charge on any atom is 0.224 e. The fourth-order valence-electron chi connectivity index (χ4n) is 4.09. The lowest BCUT2D eigenvalue weighted by atomic mass is 9.87. The average Bonchev–Trinajstić information content (AvgIpc) is 3.11. The van der Waals surface area contributed by atoms with Crippen molar-refractivity contribution < 1.29 is 4.79 Å². The predicted octanol–water partition coefficient (Wildman–Crippen LogP) is 5.22. The van der Waals surface area contributed by atoms with E-state index >= 15 is 0 Å². The van der Waals surface area contributed by atoms with Crippen molar-refractivity contribution in [2.75, 3.05) is 16.8 Å². The van der Waals surface area contributed by atoms with Crippen molar-refractivity contribution in [2.24, 2.45) is 5.92 Å². The zero-order valence-corrected chi connectivity index (χ0v) is 15.5. The highest BCUT2D eigenvalue weighted by Crippen LogP contribution is 2.29. The second kappa shape index (κ2) is 7.61. The number of carbonyl (C=O) groups excluding carboxylic acids is 1. The Balaban J connectivity index is 1.33. The molecule has 0 radical (unpaired) electrons. The molecular weight excluding hydrogens is 328 g/mol. The van der Waals surface area contributed by atoms with Gasteiger partial charge in [-0.1, -0.05) is 19.3 Å². The second-order valence-electron chi connectivity index (χ2n) is 7.34. The fourth-order valence-corrected chi connectivity index (χ4v) is 4.98. The number of nitrogens with one attached hydrogen (secondary N) is 1. The highest BCUT2D eigenvalue weighted by atomic mass is 32.1. The first-order chi connectivity index (χ1) is 12.3. The minimum Gasteiger partial charge on any atom is -0.367 e. The van der Waals surface area contributed by atoms with Crippen molar-refractivity contribution in [3.05, 3.63) is 46.2 Å². The van der Waals surface area contributed by atoms with Gasteiger partial charge in [-0.05, 0) is 66.5 Å². The van der Waals surface area contributed by atoms with Crippen LogP contribution in [0.25, 0.3) is 0 Å². The number of fused-ring (bicyclic) bond motifs is 1. The van der Waals surface area contributed by atoms with Crippen molar-refractivity contribution in [3.63, 3.8) is 0 Å². The molecule has 1 aromatic carbocycles. The van der Waals surface area contributed by atoms with Crippen molar-refractivity contribution in [3.8, 4) is 0 Å². The summed E-state index contributed by atoms with van der Waals surface area (Å²) in [7, 11) is 0. The molecule has 0 bridgehead atoms. The number of rotatable bonds is 4. The predicted molar refractivity (Wildman–Crippen MR) is 105 cm³/mol. The van der Waals surface area contributed by atoms with Crippen molar-refractivity contribution in [1.82, 2.24) is 0 Å². The molecule has 1 fully saturated rings. The fraction of sp³-hybridized carbons (Fsp3) is 0.476. The van der Waals surface area contributed by atoms with E-state index in [1.54, 1.807) is 0 Å². The van der Waals surface area contributed by atoms with Crippen LogP contribution in [0.1, 0.15) is 49.0 Å². The molecule has 132 valence electrons. The van der Waals surface area contributed by atoms with Crippen LogP contribution in [0.15, 0.2) is 35.7 Å². The lowest BCUT2D eigenvalue weighted by Gasteiger charge is -2.29. The maximum atomic E-state index is 12.3. The van der Waals surface area contributed by atoms with Gasteiger partial charge in [-0.2, -0.15) is 0 Å². The summed E-state index contributed by atoms with van der Waals surface area (Å²) in [5, 5.41) is 5.27. The molecule has 3 nitrogen and oxygen atoms in total. The normalized spacial score (nSPS) is 18.0. The number of anilines is 2. The van der Waals surface area contributed by atoms with E-state index < -0.39 is 0 Å². The summed E-state index contributed by atoms with van der Waals surface area (Å²) >= 11 is 1.87. The minimum absolute atomic E-state index is 0.167. The monoisotopic (exact) mass is 354 g/mol. The molecule has 1 N–H and O–H groups in total. The quantitative estimate of drug-likeness (QED) is 0.816. The Kier molecular flexibility index (Phi) is 5.07.